The molecule has 5 heteroatoms. The van der Waals surface area contributed by atoms with Crippen molar-refractivity contribution >= 4 is 33.4 Å². The molecule has 1 aliphatic rings. The van der Waals surface area contributed by atoms with Gasteiger partial charge in [-0.2, -0.15) is 0 Å². The molecule has 1 fully saturated rings. The van der Waals surface area contributed by atoms with Gasteiger partial charge >= 0.3 is 0 Å². The van der Waals surface area contributed by atoms with Crippen LogP contribution in [0.25, 0.3) is 0 Å². The second-order valence-corrected chi connectivity index (χ2v) is 7.52. The summed E-state index contributed by atoms with van der Waals surface area (Å²) < 4.78 is 0.980. The highest BCUT2D eigenvalue weighted by Gasteiger charge is 2.51. The maximum absolute atomic E-state index is 12.8. The maximum atomic E-state index is 12.8. The second kappa shape index (κ2) is 7.62. The van der Waals surface area contributed by atoms with Crippen LogP contribution in [0.3, 0.4) is 0 Å². The molecule has 2 amide bonds. The third-order valence-electron chi connectivity index (χ3n) is 5.00. The Labute approximate surface area is 162 Å². The number of nitrogens with one attached hydrogen (secondary N) is 1. The number of halogens is 1. The van der Waals surface area contributed by atoms with Crippen LogP contribution in [0.1, 0.15) is 42.6 Å². The Hall–Kier alpha value is -2.14. The summed E-state index contributed by atoms with van der Waals surface area (Å²) in [7, 11) is 0. The fraction of sp³-hybridized carbons (Fsp3) is 0.333. The Bertz CT molecular complexity index is 809. The van der Waals surface area contributed by atoms with Gasteiger partial charge in [-0.15, -0.1) is 0 Å². The van der Waals surface area contributed by atoms with E-state index in [1.54, 1.807) is 29.2 Å². The summed E-state index contributed by atoms with van der Waals surface area (Å²) in [6.07, 6.45) is 1.71. The van der Waals surface area contributed by atoms with Gasteiger partial charge in [-0.25, -0.2) is 0 Å². The minimum Gasteiger partial charge on any atom is -0.339 e. The van der Waals surface area contributed by atoms with Gasteiger partial charge in [0.15, 0.2) is 0 Å². The third-order valence-corrected chi connectivity index (χ3v) is 5.50. The lowest BCUT2D eigenvalue weighted by Gasteiger charge is -2.19. The Kier molecular flexibility index (Phi) is 5.47. The topological polar surface area (TPSA) is 49.4 Å². The van der Waals surface area contributed by atoms with Crippen molar-refractivity contribution in [3.63, 3.8) is 0 Å². The molecule has 2 aromatic rings. The summed E-state index contributed by atoms with van der Waals surface area (Å²) in [4.78, 5) is 27.0. The predicted molar refractivity (Wildman–Crippen MR) is 107 cm³/mol. The molecule has 0 saturated heterocycles. The third kappa shape index (κ3) is 3.68. The Morgan fingerprint density at radius 3 is 2.27 bits per heavy atom. The first-order valence-electron chi connectivity index (χ1n) is 8.97. The number of anilines is 1. The molecule has 0 atom stereocenters. The molecule has 0 bridgehead atoms. The molecule has 1 N–H and O–H groups in total. The molecular weight excluding hydrogens is 392 g/mol. The van der Waals surface area contributed by atoms with E-state index in [0.717, 1.165) is 22.9 Å². The standard InChI is InChI=1S/C21H23BrN2O2/c1-3-24(4-2)19(25)15-8-10-18(11-9-15)23-20(26)21(12-13-21)16-6-5-7-17(22)14-16/h5-11,14H,3-4,12-13H2,1-2H3,(H,23,26). The minimum atomic E-state index is -0.431. The Balaban J connectivity index is 1.71. The maximum Gasteiger partial charge on any atom is 0.253 e. The Morgan fingerprint density at radius 2 is 1.73 bits per heavy atom. The van der Waals surface area contributed by atoms with Crippen LogP contribution >= 0.6 is 15.9 Å². The highest BCUT2D eigenvalue weighted by Crippen LogP contribution is 2.49. The van der Waals surface area contributed by atoms with Crippen LogP contribution in [0.15, 0.2) is 53.0 Å². The van der Waals surface area contributed by atoms with Crippen molar-refractivity contribution in [1.29, 1.82) is 0 Å². The van der Waals surface area contributed by atoms with Crippen molar-refractivity contribution in [1.82, 2.24) is 4.90 Å². The number of amides is 2. The Morgan fingerprint density at radius 1 is 1.08 bits per heavy atom. The van der Waals surface area contributed by atoms with Gasteiger partial charge in [0.2, 0.25) is 5.91 Å². The van der Waals surface area contributed by atoms with Crippen molar-refractivity contribution in [2.75, 3.05) is 18.4 Å². The van der Waals surface area contributed by atoms with Crippen LogP contribution in [-0.2, 0) is 10.2 Å². The van der Waals surface area contributed by atoms with Gasteiger partial charge in [-0.05, 0) is 68.7 Å². The summed E-state index contributed by atoms with van der Waals surface area (Å²) >= 11 is 3.48. The van der Waals surface area contributed by atoms with E-state index in [9.17, 15) is 9.59 Å². The molecular formula is C21H23BrN2O2. The summed E-state index contributed by atoms with van der Waals surface area (Å²) in [6.45, 7) is 5.30. The van der Waals surface area contributed by atoms with Crippen molar-refractivity contribution in [3.05, 3.63) is 64.1 Å². The summed E-state index contributed by atoms with van der Waals surface area (Å²) in [5.41, 5.74) is 1.96. The fourth-order valence-electron chi connectivity index (χ4n) is 3.20. The van der Waals surface area contributed by atoms with Gasteiger partial charge in [-0.3, -0.25) is 9.59 Å². The summed E-state index contributed by atoms with van der Waals surface area (Å²) in [5, 5.41) is 3.01. The van der Waals surface area contributed by atoms with Crippen LogP contribution in [-0.4, -0.2) is 29.8 Å². The van der Waals surface area contributed by atoms with Gasteiger partial charge in [-0.1, -0.05) is 28.1 Å². The number of nitrogens with zero attached hydrogens (tertiary/aromatic N) is 1. The second-order valence-electron chi connectivity index (χ2n) is 6.60. The van der Waals surface area contributed by atoms with Crippen LogP contribution in [0.5, 0.6) is 0 Å². The summed E-state index contributed by atoms with van der Waals surface area (Å²) in [6, 6.07) is 15.1. The molecule has 0 heterocycles. The first kappa shape index (κ1) is 18.6. The highest BCUT2D eigenvalue weighted by atomic mass is 79.9. The highest BCUT2D eigenvalue weighted by molar-refractivity contribution is 9.10. The van der Waals surface area contributed by atoms with Crippen LogP contribution in [0.4, 0.5) is 5.69 Å². The lowest BCUT2D eigenvalue weighted by atomic mass is 9.95. The SMILES string of the molecule is CCN(CC)C(=O)c1ccc(NC(=O)C2(c3cccc(Br)c3)CC2)cc1. The van der Waals surface area contributed by atoms with Gasteiger partial charge in [0.05, 0.1) is 5.41 Å². The first-order valence-corrected chi connectivity index (χ1v) is 9.76. The number of hydrogen-bond acceptors (Lipinski definition) is 2. The lowest BCUT2D eigenvalue weighted by molar-refractivity contribution is -0.118. The molecule has 4 nitrogen and oxygen atoms in total. The molecule has 0 spiro atoms. The molecule has 2 aromatic carbocycles. The molecule has 26 heavy (non-hydrogen) atoms. The molecule has 0 radical (unpaired) electrons. The van der Waals surface area contributed by atoms with Crippen molar-refractivity contribution < 1.29 is 9.59 Å². The predicted octanol–water partition coefficient (Wildman–Crippen LogP) is 4.60. The number of benzene rings is 2. The van der Waals surface area contributed by atoms with E-state index in [-0.39, 0.29) is 11.8 Å². The monoisotopic (exact) mass is 414 g/mol. The molecule has 136 valence electrons. The van der Waals surface area contributed by atoms with E-state index in [1.807, 2.05) is 38.1 Å². The lowest BCUT2D eigenvalue weighted by Crippen LogP contribution is -2.30. The quantitative estimate of drug-likeness (QED) is 0.750. The zero-order chi connectivity index (χ0) is 18.7. The number of carbonyl (C=O) groups is 2. The molecule has 0 unspecified atom stereocenters. The van der Waals surface area contributed by atoms with E-state index in [2.05, 4.69) is 21.2 Å². The van der Waals surface area contributed by atoms with E-state index >= 15 is 0 Å². The first-order chi connectivity index (χ1) is 12.5. The number of carbonyl (C=O) groups excluding carboxylic acids is 2. The molecule has 1 saturated carbocycles. The smallest absolute Gasteiger partial charge is 0.253 e. The van der Waals surface area contributed by atoms with Gasteiger partial charge < -0.3 is 10.2 Å². The average molecular weight is 415 g/mol. The van der Waals surface area contributed by atoms with Gasteiger partial charge in [0.1, 0.15) is 0 Å². The molecule has 1 aliphatic carbocycles. The zero-order valence-electron chi connectivity index (χ0n) is 15.1. The summed E-state index contributed by atoms with van der Waals surface area (Å²) in [5.74, 6) is 0.0269. The number of hydrogen-bond donors (Lipinski definition) is 1. The van der Waals surface area contributed by atoms with Crippen molar-refractivity contribution in [2.24, 2.45) is 0 Å². The molecule has 0 aromatic heterocycles. The number of rotatable bonds is 6. The van der Waals surface area contributed by atoms with Gasteiger partial charge in [0.25, 0.3) is 5.91 Å². The zero-order valence-corrected chi connectivity index (χ0v) is 16.7. The van der Waals surface area contributed by atoms with Crippen LogP contribution < -0.4 is 5.32 Å². The van der Waals surface area contributed by atoms with Crippen molar-refractivity contribution in [3.8, 4) is 0 Å². The minimum absolute atomic E-state index is 0.0124. The van der Waals surface area contributed by atoms with Gasteiger partial charge in [0, 0.05) is 28.8 Å². The van der Waals surface area contributed by atoms with E-state index < -0.39 is 5.41 Å². The largest absolute Gasteiger partial charge is 0.339 e. The van der Waals surface area contributed by atoms with Crippen molar-refractivity contribution in [2.45, 2.75) is 32.1 Å². The van der Waals surface area contributed by atoms with E-state index in [0.29, 0.717) is 24.3 Å². The fourth-order valence-corrected chi connectivity index (χ4v) is 3.60. The van der Waals surface area contributed by atoms with E-state index in [4.69, 9.17) is 0 Å². The van der Waals surface area contributed by atoms with Crippen LogP contribution in [0, 0.1) is 0 Å². The average Bonchev–Trinajstić information content (AvgIpc) is 3.45. The molecule has 0 aliphatic heterocycles. The molecule has 3 rings (SSSR count). The van der Waals surface area contributed by atoms with Crippen LogP contribution in [0.2, 0.25) is 0 Å². The van der Waals surface area contributed by atoms with E-state index in [1.165, 1.54) is 0 Å². The normalized spacial score (nSPS) is 14.6.